The quantitative estimate of drug-likeness (QED) is 0.650. The van der Waals surface area contributed by atoms with Crippen LogP contribution in [0.3, 0.4) is 0 Å². The number of hydrogen-bond donors (Lipinski definition) is 1. The van der Waals surface area contributed by atoms with Crippen molar-refractivity contribution >= 4 is 27.4 Å². The van der Waals surface area contributed by atoms with Crippen LogP contribution in [0.5, 0.6) is 5.75 Å². The fraction of sp³-hybridized carbons (Fsp3) is 0.300. The zero-order valence-corrected chi connectivity index (χ0v) is 16.8. The normalized spacial score (nSPS) is 18.0. The maximum absolute atomic E-state index is 13.1. The monoisotopic (exact) mass is 468 g/mol. The van der Waals surface area contributed by atoms with Crippen LogP contribution in [0.1, 0.15) is 18.1 Å². The summed E-state index contributed by atoms with van der Waals surface area (Å²) in [6, 6.07) is 10.9. The second-order valence-electron chi connectivity index (χ2n) is 6.89. The van der Waals surface area contributed by atoms with Gasteiger partial charge in [0.25, 0.3) is 0 Å². The number of alkyl halides is 3. The van der Waals surface area contributed by atoms with Gasteiger partial charge in [0.15, 0.2) is 11.4 Å². The van der Waals surface area contributed by atoms with Gasteiger partial charge in [-0.1, -0.05) is 15.9 Å². The third-order valence-electron chi connectivity index (χ3n) is 4.54. The lowest BCUT2D eigenvalue weighted by atomic mass is 9.99. The highest BCUT2D eigenvalue weighted by atomic mass is 79.9. The Bertz CT molecular complexity index is 968. The number of ketones is 1. The van der Waals surface area contributed by atoms with E-state index in [-0.39, 0.29) is 18.8 Å². The fourth-order valence-electron chi connectivity index (χ4n) is 2.88. The van der Waals surface area contributed by atoms with Gasteiger partial charge in [-0.2, -0.15) is 18.4 Å². The SMILES string of the molecule is C[C@](O)(COc1ccc(Br)cc1)C(=O)C1CN1c1ccc(C#N)c(C(F)(F)F)c1. The molecule has 0 amide bonds. The van der Waals surface area contributed by atoms with Crippen molar-refractivity contribution in [3.05, 3.63) is 58.1 Å². The summed E-state index contributed by atoms with van der Waals surface area (Å²) in [7, 11) is 0. The van der Waals surface area contributed by atoms with Crippen LogP contribution in [0.15, 0.2) is 46.9 Å². The first kappa shape index (κ1) is 21.1. The van der Waals surface area contributed by atoms with Crippen LogP contribution >= 0.6 is 15.9 Å². The second kappa shape index (κ2) is 7.69. The number of nitriles is 1. The van der Waals surface area contributed by atoms with Crippen molar-refractivity contribution in [3.63, 3.8) is 0 Å². The van der Waals surface area contributed by atoms with Gasteiger partial charge in [-0.15, -0.1) is 0 Å². The molecule has 2 atom stereocenters. The molecule has 2 aromatic rings. The van der Waals surface area contributed by atoms with Gasteiger partial charge in [-0.25, -0.2) is 0 Å². The maximum atomic E-state index is 13.1. The molecule has 0 aromatic heterocycles. The number of carbonyl (C=O) groups excluding carboxylic acids is 1. The molecule has 152 valence electrons. The smallest absolute Gasteiger partial charge is 0.417 e. The Hall–Kier alpha value is -2.57. The van der Waals surface area contributed by atoms with Crippen LogP contribution in [0.25, 0.3) is 0 Å². The van der Waals surface area contributed by atoms with Crippen LogP contribution in [0.4, 0.5) is 18.9 Å². The van der Waals surface area contributed by atoms with Crippen LogP contribution in [-0.4, -0.2) is 35.7 Å². The molecule has 1 aliphatic heterocycles. The zero-order chi connectivity index (χ0) is 21.4. The molecule has 0 radical (unpaired) electrons. The van der Waals surface area contributed by atoms with Gasteiger partial charge in [0.1, 0.15) is 18.4 Å². The fourth-order valence-corrected chi connectivity index (χ4v) is 3.14. The summed E-state index contributed by atoms with van der Waals surface area (Å²) in [4.78, 5) is 14.1. The number of nitrogens with zero attached hydrogens (tertiary/aromatic N) is 2. The van der Waals surface area contributed by atoms with Gasteiger partial charge >= 0.3 is 6.18 Å². The van der Waals surface area contributed by atoms with E-state index in [2.05, 4.69) is 15.9 Å². The summed E-state index contributed by atoms with van der Waals surface area (Å²) in [5.41, 5.74) is -3.19. The lowest BCUT2D eigenvalue weighted by molar-refractivity contribution is -0.138. The van der Waals surface area contributed by atoms with E-state index in [0.29, 0.717) is 5.75 Å². The highest BCUT2D eigenvalue weighted by molar-refractivity contribution is 9.10. The first-order chi connectivity index (χ1) is 13.5. The lowest BCUT2D eigenvalue weighted by Crippen LogP contribution is -2.44. The number of aliphatic hydroxyl groups is 1. The Morgan fingerprint density at radius 1 is 1.31 bits per heavy atom. The Morgan fingerprint density at radius 3 is 2.55 bits per heavy atom. The molecule has 1 unspecified atom stereocenters. The summed E-state index contributed by atoms with van der Waals surface area (Å²) < 4.78 is 45.7. The van der Waals surface area contributed by atoms with Crippen molar-refractivity contribution in [3.8, 4) is 11.8 Å². The van der Waals surface area contributed by atoms with Gasteiger partial charge in [0, 0.05) is 16.7 Å². The molecule has 0 saturated carbocycles. The zero-order valence-electron chi connectivity index (χ0n) is 15.2. The summed E-state index contributed by atoms with van der Waals surface area (Å²) >= 11 is 3.29. The standard InChI is InChI=1S/C20H16BrF3N2O3/c1-19(28,11-29-15-6-3-13(21)4-7-15)18(27)17-10-26(17)14-5-2-12(9-25)16(8-14)20(22,23)24/h2-8,17,28H,10-11H2,1H3/t17?,19-,26?/m0/s1. The minimum absolute atomic E-state index is 0.166. The van der Waals surface area contributed by atoms with Gasteiger partial charge in [-0.3, -0.25) is 4.79 Å². The summed E-state index contributed by atoms with van der Waals surface area (Å²) in [5, 5.41) is 19.4. The molecular weight excluding hydrogens is 453 g/mol. The number of anilines is 1. The number of benzene rings is 2. The van der Waals surface area contributed by atoms with E-state index in [9.17, 15) is 23.1 Å². The molecule has 1 aliphatic rings. The van der Waals surface area contributed by atoms with Gasteiger partial charge in [0.2, 0.25) is 0 Å². The molecule has 29 heavy (non-hydrogen) atoms. The van der Waals surface area contributed by atoms with Crippen molar-refractivity contribution in [1.29, 1.82) is 5.26 Å². The van der Waals surface area contributed by atoms with E-state index in [1.54, 1.807) is 24.3 Å². The molecule has 1 heterocycles. The van der Waals surface area contributed by atoms with Gasteiger partial charge in [-0.05, 0) is 49.4 Å². The Morgan fingerprint density at radius 2 is 1.97 bits per heavy atom. The molecule has 1 saturated heterocycles. The van der Waals surface area contributed by atoms with Crippen molar-refractivity contribution in [2.24, 2.45) is 0 Å². The maximum Gasteiger partial charge on any atom is 0.417 e. The van der Waals surface area contributed by atoms with Crippen molar-refractivity contribution in [1.82, 2.24) is 0 Å². The predicted molar refractivity (Wildman–Crippen MR) is 103 cm³/mol. The molecule has 1 fully saturated rings. The average molecular weight is 469 g/mol. The molecule has 0 aliphatic carbocycles. The number of rotatable bonds is 6. The average Bonchev–Trinajstić information content (AvgIpc) is 3.46. The van der Waals surface area contributed by atoms with E-state index in [0.717, 1.165) is 16.6 Å². The first-order valence-corrected chi connectivity index (χ1v) is 9.35. The Labute approximate surface area is 173 Å². The van der Waals surface area contributed by atoms with Gasteiger partial charge < -0.3 is 14.7 Å². The van der Waals surface area contributed by atoms with E-state index in [1.807, 2.05) is 0 Å². The number of ether oxygens (including phenoxy) is 1. The highest BCUT2D eigenvalue weighted by Crippen LogP contribution is 2.38. The summed E-state index contributed by atoms with van der Waals surface area (Å²) in [6.07, 6.45) is -4.68. The number of halogens is 4. The second-order valence-corrected chi connectivity index (χ2v) is 7.80. The number of hydrogen-bond acceptors (Lipinski definition) is 5. The van der Waals surface area contributed by atoms with Crippen molar-refractivity contribution in [2.75, 3.05) is 18.1 Å². The van der Waals surface area contributed by atoms with Gasteiger partial charge in [0.05, 0.1) is 17.2 Å². The van der Waals surface area contributed by atoms with Crippen LogP contribution < -0.4 is 9.64 Å². The third kappa shape index (κ3) is 4.71. The van der Waals surface area contributed by atoms with Crippen LogP contribution in [0, 0.1) is 11.3 Å². The Balaban J connectivity index is 1.69. The topological polar surface area (TPSA) is 73.3 Å². The lowest BCUT2D eigenvalue weighted by Gasteiger charge is -2.22. The van der Waals surface area contributed by atoms with Crippen molar-refractivity contribution < 1.29 is 27.8 Å². The first-order valence-electron chi connectivity index (χ1n) is 8.56. The molecule has 2 aromatic carbocycles. The largest absolute Gasteiger partial charge is 0.490 e. The molecule has 0 spiro atoms. The minimum Gasteiger partial charge on any atom is -0.490 e. The summed E-state index contributed by atoms with van der Waals surface area (Å²) in [6.45, 7) is 1.19. The highest BCUT2D eigenvalue weighted by Gasteiger charge is 2.48. The van der Waals surface area contributed by atoms with E-state index in [4.69, 9.17) is 10.00 Å². The molecule has 1 N–H and O–H groups in total. The van der Waals surface area contributed by atoms with Crippen LogP contribution in [0.2, 0.25) is 0 Å². The minimum atomic E-state index is -4.68. The molecular formula is C20H16BrF3N2O3. The third-order valence-corrected chi connectivity index (χ3v) is 5.07. The van der Waals surface area contributed by atoms with Crippen LogP contribution in [-0.2, 0) is 11.0 Å². The number of carbonyl (C=O) groups is 1. The number of Topliss-reactive ketones (excluding diaryl/α,β-unsaturated/α-hetero) is 1. The van der Waals surface area contributed by atoms with E-state index >= 15 is 0 Å². The predicted octanol–water partition coefficient (Wildman–Crippen LogP) is 3.93. The Kier molecular flexibility index (Phi) is 5.61. The summed E-state index contributed by atoms with van der Waals surface area (Å²) in [5.74, 6) is -0.0802. The molecule has 5 nitrogen and oxygen atoms in total. The molecule has 0 bridgehead atoms. The van der Waals surface area contributed by atoms with E-state index in [1.165, 1.54) is 24.0 Å². The molecule has 3 rings (SSSR count). The van der Waals surface area contributed by atoms with Crippen molar-refractivity contribution in [2.45, 2.75) is 24.7 Å². The van der Waals surface area contributed by atoms with E-state index < -0.39 is 34.7 Å². The molecule has 9 heteroatoms.